The molecule has 0 aliphatic rings. The van der Waals surface area contributed by atoms with E-state index in [2.05, 4.69) is 20.3 Å². The number of hydrogen-bond acceptors (Lipinski definition) is 6. The molecule has 14 heteroatoms. The minimum absolute atomic E-state index is 0.0593. The SMILES string of the molecule is Nn1c(SCC(=O)Nc2c(Cl)cccc2C(F)(F)F)nnc1-c1ccc(OC(F)F)cc1. The predicted octanol–water partition coefficient (Wildman–Crippen LogP) is 4.66. The molecule has 7 nitrogen and oxygen atoms in total. The van der Waals surface area contributed by atoms with Crippen LogP contribution in [-0.4, -0.2) is 33.1 Å². The first kappa shape index (κ1) is 23.6. The summed E-state index contributed by atoms with van der Waals surface area (Å²) in [6, 6.07) is 8.59. The van der Waals surface area contributed by atoms with Crippen LogP contribution in [0.3, 0.4) is 0 Å². The number of para-hydroxylation sites is 1. The fraction of sp³-hybridized carbons (Fsp3) is 0.167. The molecule has 0 unspecified atom stereocenters. The molecule has 0 fully saturated rings. The highest BCUT2D eigenvalue weighted by Gasteiger charge is 2.34. The lowest BCUT2D eigenvalue weighted by molar-refractivity contribution is -0.137. The molecule has 3 aromatic rings. The maximum absolute atomic E-state index is 13.1. The third-order valence-corrected chi connectivity index (χ3v) is 5.18. The zero-order valence-electron chi connectivity index (χ0n) is 15.7. The number of thioether (sulfide) groups is 1. The largest absolute Gasteiger partial charge is 0.435 e. The van der Waals surface area contributed by atoms with Crippen LogP contribution in [0.4, 0.5) is 27.6 Å². The lowest BCUT2D eigenvalue weighted by Gasteiger charge is -2.15. The Labute approximate surface area is 186 Å². The Balaban J connectivity index is 1.68. The van der Waals surface area contributed by atoms with Crippen LogP contribution in [0.2, 0.25) is 5.02 Å². The van der Waals surface area contributed by atoms with Gasteiger partial charge >= 0.3 is 12.8 Å². The molecule has 2 aromatic carbocycles. The van der Waals surface area contributed by atoms with E-state index in [4.69, 9.17) is 17.4 Å². The molecule has 0 saturated carbocycles. The minimum Gasteiger partial charge on any atom is -0.435 e. The van der Waals surface area contributed by atoms with Gasteiger partial charge in [0.1, 0.15) is 5.75 Å². The predicted molar refractivity (Wildman–Crippen MR) is 108 cm³/mol. The van der Waals surface area contributed by atoms with Gasteiger partial charge in [-0.15, -0.1) is 10.2 Å². The summed E-state index contributed by atoms with van der Waals surface area (Å²) in [5, 5.41) is 9.69. The summed E-state index contributed by atoms with van der Waals surface area (Å²) in [6.07, 6.45) is -4.71. The Kier molecular flexibility index (Phi) is 7.09. The second-order valence-electron chi connectivity index (χ2n) is 6.08. The van der Waals surface area contributed by atoms with Gasteiger partial charge in [0.25, 0.3) is 0 Å². The quantitative estimate of drug-likeness (QED) is 0.282. The van der Waals surface area contributed by atoms with Crippen molar-refractivity contribution in [2.24, 2.45) is 0 Å². The van der Waals surface area contributed by atoms with Crippen LogP contribution in [0.25, 0.3) is 11.4 Å². The third kappa shape index (κ3) is 5.59. The van der Waals surface area contributed by atoms with Crippen molar-refractivity contribution in [3.8, 4) is 17.1 Å². The van der Waals surface area contributed by atoms with Gasteiger partial charge in [0.05, 0.1) is 22.0 Å². The summed E-state index contributed by atoms with van der Waals surface area (Å²) in [5.74, 6) is 4.92. The molecule has 0 bridgehead atoms. The molecule has 0 aliphatic heterocycles. The Bertz CT molecular complexity index is 1110. The summed E-state index contributed by atoms with van der Waals surface area (Å²) in [7, 11) is 0. The Morgan fingerprint density at radius 3 is 2.50 bits per heavy atom. The van der Waals surface area contributed by atoms with Crippen molar-refractivity contribution in [3.63, 3.8) is 0 Å². The van der Waals surface area contributed by atoms with Gasteiger partial charge in [0.2, 0.25) is 11.1 Å². The first-order valence-electron chi connectivity index (χ1n) is 8.60. The van der Waals surface area contributed by atoms with Crippen LogP contribution in [-0.2, 0) is 11.0 Å². The van der Waals surface area contributed by atoms with E-state index in [1.807, 2.05) is 0 Å². The van der Waals surface area contributed by atoms with Gasteiger partial charge in [-0.3, -0.25) is 4.79 Å². The van der Waals surface area contributed by atoms with E-state index in [9.17, 15) is 26.7 Å². The number of nitrogens with one attached hydrogen (secondary N) is 1. The van der Waals surface area contributed by atoms with Gasteiger partial charge in [-0.2, -0.15) is 22.0 Å². The van der Waals surface area contributed by atoms with Crippen molar-refractivity contribution in [3.05, 3.63) is 53.1 Å². The van der Waals surface area contributed by atoms with Gasteiger partial charge < -0.3 is 15.9 Å². The number of hydrogen-bond donors (Lipinski definition) is 2. The van der Waals surface area contributed by atoms with Crippen LogP contribution < -0.4 is 15.9 Å². The molecule has 1 amide bonds. The molecular formula is C18H13ClF5N5O2S. The van der Waals surface area contributed by atoms with E-state index >= 15 is 0 Å². The molecule has 3 rings (SSSR count). The Morgan fingerprint density at radius 2 is 1.88 bits per heavy atom. The second-order valence-corrected chi connectivity index (χ2v) is 7.43. The van der Waals surface area contributed by atoms with E-state index < -0.39 is 29.9 Å². The number of carbonyl (C=O) groups excluding carboxylic acids is 1. The highest BCUT2D eigenvalue weighted by Crippen LogP contribution is 2.38. The number of ether oxygens (including phenoxy) is 1. The van der Waals surface area contributed by atoms with Crippen molar-refractivity contribution in [2.75, 3.05) is 16.9 Å². The standard InChI is InChI=1S/C18H13ClF5N5O2S/c19-12-3-1-2-11(18(22,23)24)14(12)26-13(30)8-32-17-28-27-15(29(17)25)9-4-6-10(7-5-9)31-16(20)21/h1-7,16H,8,25H2,(H,26,30). The van der Waals surface area contributed by atoms with E-state index in [1.165, 1.54) is 30.3 Å². The Hall–Kier alpha value is -3.06. The topological polar surface area (TPSA) is 95.1 Å². The molecule has 0 spiro atoms. The monoisotopic (exact) mass is 493 g/mol. The minimum atomic E-state index is -4.71. The average Bonchev–Trinajstić information content (AvgIpc) is 3.07. The number of alkyl halides is 5. The molecule has 0 atom stereocenters. The number of halogens is 6. The van der Waals surface area contributed by atoms with E-state index in [0.29, 0.717) is 5.56 Å². The lowest BCUT2D eigenvalue weighted by Crippen LogP contribution is -2.19. The normalized spacial score (nSPS) is 11.6. The van der Waals surface area contributed by atoms with Crippen molar-refractivity contribution in [1.82, 2.24) is 14.9 Å². The van der Waals surface area contributed by atoms with Crippen molar-refractivity contribution < 1.29 is 31.5 Å². The van der Waals surface area contributed by atoms with E-state index in [0.717, 1.165) is 28.6 Å². The number of nitrogens with zero attached hydrogens (tertiary/aromatic N) is 3. The van der Waals surface area contributed by atoms with Gasteiger partial charge in [-0.25, -0.2) is 4.68 Å². The number of nitrogen functional groups attached to an aromatic ring is 1. The number of benzene rings is 2. The first-order valence-corrected chi connectivity index (χ1v) is 9.96. The van der Waals surface area contributed by atoms with Crippen LogP contribution in [0.5, 0.6) is 5.75 Å². The maximum atomic E-state index is 13.1. The van der Waals surface area contributed by atoms with Crippen LogP contribution in [0.1, 0.15) is 5.56 Å². The van der Waals surface area contributed by atoms with Crippen molar-refractivity contribution in [2.45, 2.75) is 17.9 Å². The zero-order valence-corrected chi connectivity index (χ0v) is 17.3. The molecule has 0 radical (unpaired) electrons. The van der Waals surface area contributed by atoms with Crippen LogP contribution in [0, 0.1) is 0 Å². The maximum Gasteiger partial charge on any atom is 0.418 e. The second kappa shape index (κ2) is 9.61. The third-order valence-electron chi connectivity index (χ3n) is 3.92. The number of amides is 1. The van der Waals surface area contributed by atoms with Crippen LogP contribution >= 0.6 is 23.4 Å². The molecule has 0 saturated heterocycles. The number of rotatable bonds is 7. The fourth-order valence-corrected chi connectivity index (χ4v) is 3.43. The molecule has 170 valence electrons. The summed E-state index contributed by atoms with van der Waals surface area (Å²) in [6.45, 7) is -2.97. The molecule has 32 heavy (non-hydrogen) atoms. The number of anilines is 1. The van der Waals surface area contributed by atoms with Crippen molar-refractivity contribution in [1.29, 1.82) is 0 Å². The van der Waals surface area contributed by atoms with Crippen molar-refractivity contribution >= 4 is 35.0 Å². The number of aromatic nitrogens is 3. The van der Waals surface area contributed by atoms with Crippen LogP contribution in [0.15, 0.2) is 47.6 Å². The van der Waals surface area contributed by atoms with Gasteiger partial charge in [0, 0.05) is 5.56 Å². The molecule has 1 aromatic heterocycles. The van der Waals surface area contributed by atoms with E-state index in [1.54, 1.807) is 0 Å². The average molecular weight is 494 g/mol. The summed E-state index contributed by atoms with van der Waals surface area (Å²) in [5.41, 5.74) is -1.19. The highest BCUT2D eigenvalue weighted by atomic mass is 35.5. The lowest BCUT2D eigenvalue weighted by atomic mass is 10.1. The number of carbonyl (C=O) groups is 1. The fourth-order valence-electron chi connectivity index (χ4n) is 2.55. The first-order chi connectivity index (χ1) is 15.1. The van der Waals surface area contributed by atoms with Gasteiger partial charge in [0.15, 0.2) is 5.82 Å². The molecule has 0 aliphatic carbocycles. The highest BCUT2D eigenvalue weighted by molar-refractivity contribution is 7.99. The number of nitrogens with two attached hydrogens (primary N) is 1. The van der Waals surface area contributed by atoms with Gasteiger partial charge in [-0.05, 0) is 36.4 Å². The Morgan fingerprint density at radius 1 is 1.19 bits per heavy atom. The molecular weight excluding hydrogens is 481 g/mol. The summed E-state index contributed by atoms with van der Waals surface area (Å²) >= 11 is 6.64. The zero-order chi connectivity index (χ0) is 23.5. The summed E-state index contributed by atoms with van der Waals surface area (Å²) in [4.78, 5) is 12.2. The molecule has 3 N–H and O–H groups in total. The van der Waals surface area contributed by atoms with E-state index in [-0.39, 0.29) is 27.5 Å². The van der Waals surface area contributed by atoms with Gasteiger partial charge in [-0.1, -0.05) is 29.4 Å². The molecule has 1 heterocycles. The smallest absolute Gasteiger partial charge is 0.418 e. The summed E-state index contributed by atoms with van der Waals surface area (Å²) < 4.78 is 69.2.